The molecule has 9 atom stereocenters. The summed E-state index contributed by atoms with van der Waals surface area (Å²) >= 11 is 0. The Kier molecular flexibility index (Phi) is 28.7. The van der Waals surface area contributed by atoms with Gasteiger partial charge in [0.1, 0.15) is 65.9 Å². The standard InChI is InChI=1S/C66H88FN15O12/c1-4-30-71-54(84)37-51-57(86)73-38-55(85)74-48(34-43-23-27-45(83)28-24-43)62(91)81-56(39(2)3)64(93)76-46(18-11-29-68)58(87)77-49(35-42-21-25-44(67)26-22-42)61(90)80-52(36-41-16-9-6-10-17-41)65(94)82-32-13-20-53(82)63(92)79-50(33-40-14-7-5-8-15-40)60(89)75-47(59(88)78-51)19-12-31-72-66(69)70/h5-10,14-17,21-28,39,46-53,56,83H,4,11-13,18-20,29-38,68H2,1-3H3,(H,71,84)(H,73,86)(H,74,85)(H,75,89)(H,76,93)(H,77,87)(H,78,88)(H,79,92)(H,80,90)(H,81,91)(H4,69,70,72)/t46-,47+,48-,49-,50+,51-,52+,53-,56-/m0/s1. The maximum Gasteiger partial charge on any atom is 0.246 e. The molecule has 4 aromatic carbocycles. The van der Waals surface area contributed by atoms with Gasteiger partial charge in [-0.15, -0.1) is 0 Å². The summed E-state index contributed by atoms with van der Waals surface area (Å²) in [6.45, 7) is 4.49. The van der Waals surface area contributed by atoms with Gasteiger partial charge >= 0.3 is 0 Å². The van der Waals surface area contributed by atoms with E-state index in [0.29, 0.717) is 35.1 Å². The number of phenolic OH excluding ortho intramolecular Hbond substituents is 1. The summed E-state index contributed by atoms with van der Waals surface area (Å²) in [4.78, 5) is 165. The molecule has 2 fully saturated rings. The van der Waals surface area contributed by atoms with Gasteiger partial charge in [0.2, 0.25) is 65.0 Å². The van der Waals surface area contributed by atoms with E-state index in [1.54, 1.807) is 81.4 Å². The first kappa shape index (κ1) is 73.1. The number of carbonyl (C=O) groups is 11. The maximum absolute atomic E-state index is 15.2. The van der Waals surface area contributed by atoms with Gasteiger partial charge in [0.15, 0.2) is 5.96 Å². The molecule has 94 heavy (non-hydrogen) atoms. The Morgan fingerprint density at radius 3 is 1.61 bits per heavy atom. The van der Waals surface area contributed by atoms with Crippen molar-refractivity contribution in [1.82, 2.24) is 58.1 Å². The second kappa shape index (κ2) is 36.9. The van der Waals surface area contributed by atoms with Gasteiger partial charge < -0.3 is 80.4 Å². The Morgan fingerprint density at radius 1 is 0.585 bits per heavy atom. The molecule has 2 heterocycles. The summed E-state index contributed by atoms with van der Waals surface area (Å²) in [6, 6.07) is 15.2. The third-order valence-electron chi connectivity index (χ3n) is 15.8. The van der Waals surface area contributed by atoms with Crippen LogP contribution in [0.25, 0.3) is 0 Å². The van der Waals surface area contributed by atoms with Crippen molar-refractivity contribution in [2.75, 3.05) is 32.7 Å². The zero-order valence-corrected chi connectivity index (χ0v) is 53.1. The molecule has 0 aliphatic carbocycles. The second-order valence-electron chi connectivity index (χ2n) is 23.6. The Morgan fingerprint density at radius 2 is 1.05 bits per heavy atom. The molecule has 2 aliphatic heterocycles. The molecule has 6 rings (SSSR count). The lowest BCUT2D eigenvalue weighted by atomic mass is 9.99. The number of aromatic hydroxyl groups is 1. The summed E-state index contributed by atoms with van der Waals surface area (Å²) in [6.07, 6.45) is -0.386. The fourth-order valence-electron chi connectivity index (χ4n) is 10.8. The highest BCUT2D eigenvalue weighted by molar-refractivity contribution is 6.00. The predicted molar refractivity (Wildman–Crippen MR) is 346 cm³/mol. The van der Waals surface area contributed by atoms with Crippen LogP contribution in [-0.2, 0) is 78.4 Å². The van der Waals surface area contributed by atoms with Crippen molar-refractivity contribution >= 4 is 70.9 Å². The molecule has 0 unspecified atom stereocenters. The van der Waals surface area contributed by atoms with Gasteiger partial charge in [-0.1, -0.05) is 106 Å². The average Bonchev–Trinajstić information content (AvgIpc) is 1.70. The van der Waals surface area contributed by atoms with Gasteiger partial charge in [-0.2, -0.15) is 0 Å². The summed E-state index contributed by atoms with van der Waals surface area (Å²) in [5.74, 6) is -11.0. The van der Waals surface area contributed by atoms with Gasteiger partial charge in [-0.3, -0.25) is 57.7 Å². The molecule has 28 heteroatoms. The summed E-state index contributed by atoms with van der Waals surface area (Å²) in [7, 11) is 0. The van der Waals surface area contributed by atoms with Gasteiger partial charge in [0, 0.05) is 45.3 Å². The number of hydrogen-bond acceptors (Lipinski definition) is 14. The third kappa shape index (κ3) is 23.3. The number of nitrogens with one attached hydrogen (secondary N) is 10. The molecule has 0 bridgehead atoms. The second-order valence-corrected chi connectivity index (χ2v) is 23.6. The largest absolute Gasteiger partial charge is 0.508 e. The minimum Gasteiger partial charge on any atom is -0.508 e. The van der Waals surface area contributed by atoms with Crippen LogP contribution in [0, 0.1) is 11.7 Å². The minimum atomic E-state index is -1.69. The van der Waals surface area contributed by atoms with Gasteiger partial charge in [-0.25, -0.2) is 4.39 Å². The topological polar surface area (TPSA) is 422 Å². The van der Waals surface area contributed by atoms with E-state index in [4.69, 9.17) is 17.2 Å². The Hall–Kier alpha value is -9.99. The number of nitrogens with zero attached hydrogens (tertiary/aromatic N) is 2. The van der Waals surface area contributed by atoms with Crippen LogP contribution in [0.2, 0.25) is 0 Å². The van der Waals surface area contributed by atoms with E-state index in [1.807, 2.05) is 0 Å². The van der Waals surface area contributed by atoms with Crippen molar-refractivity contribution in [1.29, 1.82) is 0 Å². The molecule has 4 aromatic rings. The lowest BCUT2D eigenvalue weighted by Crippen LogP contribution is -2.61. The number of amides is 11. The maximum atomic E-state index is 15.2. The summed E-state index contributed by atoms with van der Waals surface area (Å²) in [5, 5.41) is 36.8. The summed E-state index contributed by atoms with van der Waals surface area (Å²) in [5.41, 5.74) is 19.2. The van der Waals surface area contributed by atoms with Crippen LogP contribution in [0.15, 0.2) is 114 Å². The van der Waals surface area contributed by atoms with Crippen LogP contribution < -0.4 is 70.4 Å². The Balaban J connectivity index is 1.45. The van der Waals surface area contributed by atoms with Crippen molar-refractivity contribution in [3.8, 4) is 5.75 Å². The van der Waals surface area contributed by atoms with E-state index < -0.39 is 144 Å². The highest BCUT2D eigenvalue weighted by Crippen LogP contribution is 2.22. The number of carbonyl (C=O) groups excluding carboxylic acids is 11. The van der Waals surface area contributed by atoms with Crippen molar-refractivity contribution in [2.24, 2.45) is 28.1 Å². The number of benzene rings is 4. The fourth-order valence-corrected chi connectivity index (χ4v) is 10.8. The molecule has 17 N–H and O–H groups in total. The van der Waals surface area contributed by atoms with E-state index in [-0.39, 0.29) is 95.7 Å². The van der Waals surface area contributed by atoms with E-state index in [9.17, 15) is 52.6 Å². The van der Waals surface area contributed by atoms with Crippen molar-refractivity contribution < 1.29 is 62.2 Å². The highest BCUT2D eigenvalue weighted by Gasteiger charge is 2.41. The minimum absolute atomic E-state index is 0.0157. The molecule has 0 aromatic heterocycles. The zero-order valence-electron chi connectivity index (χ0n) is 53.1. The van der Waals surface area contributed by atoms with Gasteiger partial charge in [0.25, 0.3) is 0 Å². The molecular formula is C66H88FN15O12. The van der Waals surface area contributed by atoms with Crippen LogP contribution in [-0.4, -0.2) is 168 Å². The normalized spacial score (nSPS) is 22.7. The molecule has 2 saturated heterocycles. The number of fused-ring (bicyclic) bond motifs is 1. The van der Waals surface area contributed by atoms with Crippen LogP contribution in [0.4, 0.5) is 4.39 Å². The quantitative estimate of drug-likeness (QED) is 0.0292. The number of nitrogens with two attached hydrogens (primary N) is 3. The monoisotopic (exact) mass is 1300 g/mol. The Bertz CT molecular complexity index is 3270. The third-order valence-corrected chi connectivity index (χ3v) is 15.8. The first-order valence-electron chi connectivity index (χ1n) is 31.6. The lowest BCUT2D eigenvalue weighted by Gasteiger charge is -2.31. The number of aliphatic imine (C=N–C) groups is 1. The molecule has 0 spiro atoms. The first-order valence-corrected chi connectivity index (χ1v) is 31.6. The van der Waals surface area contributed by atoms with E-state index in [1.165, 1.54) is 53.4 Å². The van der Waals surface area contributed by atoms with Gasteiger partial charge in [0.05, 0.1) is 13.0 Å². The highest BCUT2D eigenvalue weighted by atomic mass is 19.1. The zero-order chi connectivity index (χ0) is 68.3. The lowest BCUT2D eigenvalue weighted by molar-refractivity contribution is -0.142. The molecular weight excluding hydrogens is 1210 g/mol. The number of hydrogen-bond donors (Lipinski definition) is 14. The number of phenols is 1. The van der Waals surface area contributed by atoms with Crippen molar-refractivity contribution in [2.45, 2.75) is 152 Å². The fraction of sp³-hybridized carbons (Fsp3) is 0.455. The average molecular weight is 1300 g/mol. The number of rotatable bonds is 20. The van der Waals surface area contributed by atoms with E-state index >= 15 is 9.59 Å². The SMILES string of the molecule is CCCNC(=O)C[C@@H]1NC(=O)[C@@H](CCCN=C(N)N)NC(=O)[C@@H](Cc2ccccc2)NC(=O)[C@@H]2CCCN2C(=O)[C@@H](Cc2ccccc2)NC(=O)[C@H](Cc2ccc(F)cc2)NC(=O)[C@H](CCCN)NC(=O)[C@H](C(C)C)NC(=O)[C@H](Cc2ccc(O)cc2)NC(=O)CNC1=O. The van der Waals surface area contributed by atoms with Crippen LogP contribution in [0.1, 0.15) is 94.4 Å². The first-order chi connectivity index (χ1) is 45.0. The summed E-state index contributed by atoms with van der Waals surface area (Å²) < 4.78 is 14.4. The molecule has 506 valence electrons. The van der Waals surface area contributed by atoms with Gasteiger partial charge in [-0.05, 0) is 104 Å². The van der Waals surface area contributed by atoms with Crippen LogP contribution in [0.3, 0.4) is 0 Å². The van der Waals surface area contributed by atoms with E-state index in [0.717, 1.165) is 0 Å². The molecule has 0 radical (unpaired) electrons. The smallest absolute Gasteiger partial charge is 0.246 e. The molecule has 2 aliphatic rings. The number of guanidine groups is 1. The molecule has 11 amide bonds. The molecule has 27 nitrogen and oxygen atoms in total. The van der Waals surface area contributed by atoms with E-state index in [2.05, 4.69) is 58.2 Å². The van der Waals surface area contributed by atoms with Crippen LogP contribution in [0.5, 0.6) is 5.75 Å². The van der Waals surface area contributed by atoms with Crippen LogP contribution >= 0.6 is 0 Å². The van der Waals surface area contributed by atoms with Crippen molar-refractivity contribution in [3.63, 3.8) is 0 Å². The van der Waals surface area contributed by atoms with Crippen molar-refractivity contribution in [3.05, 3.63) is 137 Å². The number of halogens is 1. The predicted octanol–water partition coefficient (Wildman–Crippen LogP) is -0.834. The Labute approximate surface area is 545 Å². The molecule has 0 saturated carbocycles.